The Labute approximate surface area is 206 Å². The standard InChI is InChI=1S/C25H28N4O4S2/c30-34(31,19-14-21-8-3-1-4-9-21)27-24-13-12-22(29-17-7-15-26-16-18-29)20-25(24)28-35(32,33)23-10-5-2-6-11-23/h1-6,8-14,19-20,26-28H,7,15-18H2/b19-14+. The maximum absolute atomic E-state index is 13.0. The van der Waals surface area contributed by atoms with Crippen molar-refractivity contribution in [2.45, 2.75) is 11.3 Å². The molecule has 1 aliphatic heterocycles. The van der Waals surface area contributed by atoms with E-state index in [0.29, 0.717) is 0 Å². The van der Waals surface area contributed by atoms with E-state index in [9.17, 15) is 16.8 Å². The van der Waals surface area contributed by atoms with E-state index >= 15 is 0 Å². The molecule has 1 heterocycles. The minimum atomic E-state index is -3.94. The Bertz CT molecular complexity index is 1370. The number of hydrogen-bond donors (Lipinski definition) is 3. The van der Waals surface area contributed by atoms with E-state index in [1.165, 1.54) is 18.2 Å². The molecule has 10 heteroatoms. The molecule has 1 aliphatic rings. The number of benzene rings is 3. The van der Waals surface area contributed by atoms with Gasteiger partial charge in [-0.3, -0.25) is 9.44 Å². The third-order valence-corrected chi connectivity index (χ3v) is 7.88. The maximum atomic E-state index is 13.0. The van der Waals surface area contributed by atoms with Gasteiger partial charge in [0.15, 0.2) is 0 Å². The fourth-order valence-corrected chi connectivity index (χ4v) is 5.71. The van der Waals surface area contributed by atoms with Crippen molar-refractivity contribution in [1.29, 1.82) is 0 Å². The van der Waals surface area contributed by atoms with Crippen molar-refractivity contribution in [2.75, 3.05) is 40.5 Å². The van der Waals surface area contributed by atoms with Crippen LogP contribution in [0.25, 0.3) is 6.08 Å². The maximum Gasteiger partial charge on any atom is 0.261 e. The summed E-state index contributed by atoms with van der Waals surface area (Å²) in [4.78, 5) is 2.23. The minimum Gasteiger partial charge on any atom is -0.370 e. The summed E-state index contributed by atoms with van der Waals surface area (Å²) in [6, 6.07) is 22.1. The lowest BCUT2D eigenvalue weighted by atomic mass is 10.2. The van der Waals surface area contributed by atoms with Crippen LogP contribution in [0.3, 0.4) is 0 Å². The highest BCUT2D eigenvalue weighted by Crippen LogP contribution is 2.31. The van der Waals surface area contributed by atoms with E-state index in [2.05, 4.69) is 19.7 Å². The highest BCUT2D eigenvalue weighted by Gasteiger charge is 2.20. The molecule has 1 fully saturated rings. The number of anilines is 3. The topological polar surface area (TPSA) is 108 Å². The summed E-state index contributed by atoms with van der Waals surface area (Å²) in [6.07, 6.45) is 2.43. The molecule has 0 aromatic heterocycles. The van der Waals surface area contributed by atoms with E-state index in [0.717, 1.165) is 49.3 Å². The van der Waals surface area contributed by atoms with Crippen molar-refractivity contribution < 1.29 is 16.8 Å². The van der Waals surface area contributed by atoms with Crippen LogP contribution in [0.15, 0.2) is 89.2 Å². The number of nitrogens with zero attached hydrogens (tertiary/aromatic N) is 1. The van der Waals surface area contributed by atoms with Gasteiger partial charge in [0.25, 0.3) is 20.0 Å². The Morgan fingerprint density at radius 2 is 1.49 bits per heavy atom. The summed E-state index contributed by atoms with van der Waals surface area (Å²) in [5, 5.41) is 4.40. The Morgan fingerprint density at radius 3 is 2.23 bits per heavy atom. The van der Waals surface area contributed by atoms with E-state index in [1.807, 2.05) is 18.2 Å². The highest BCUT2D eigenvalue weighted by atomic mass is 32.2. The van der Waals surface area contributed by atoms with Crippen molar-refractivity contribution in [2.24, 2.45) is 0 Å². The van der Waals surface area contributed by atoms with E-state index in [-0.39, 0.29) is 16.3 Å². The molecule has 1 saturated heterocycles. The average molecular weight is 513 g/mol. The van der Waals surface area contributed by atoms with Gasteiger partial charge < -0.3 is 10.2 Å². The van der Waals surface area contributed by atoms with Crippen LogP contribution in [0.4, 0.5) is 17.1 Å². The number of sulfonamides is 2. The summed E-state index contributed by atoms with van der Waals surface area (Å²) in [5.41, 5.74) is 1.83. The predicted octanol–water partition coefficient (Wildman–Crippen LogP) is 3.70. The van der Waals surface area contributed by atoms with Crippen LogP contribution in [0.1, 0.15) is 12.0 Å². The normalized spacial score (nSPS) is 15.0. The third-order valence-electron chi connectivity index (χ3n) is 5.50. The van der Waals surface area contributed by atoms with Crippen LogP contribution in [-0.4, -0.2) is 43.0 Å². The first-order valence-electron chi connectivity index (χ1n) is 11.3. The summed E-state index contributed by atoms with van der Waals surface area (Å²) < 4.78 is 56.8. The fourth-order valence-electron chi connectivity index (χ4n) is 3.73. The smallest absolute Gasteiger partial charge is 0.261 e. The minimum absolute atomic E-state index is 0.0853. The van der Waals surface area contributed by atoms with E-state index in [1.54, 1.807) is 48.5 Å². The Kier molecular flexibility index (Phi) is 7.74. The Morgan fingerprint density at radius 1 is 0.771 bits per heavy atom. The van der Waals surface area contributed by atoms with Crippen LogP contribution in [0, 0.1) is 0 Å². The van der Waals surface area contributed by atoms with E-state index in [4.69, 9.17) is 0 Å². The monoisotopic (exact) mass is 512 g/mol. The largest absolute Gasteiger partial charge is 0.370 e. The molecule has 0 radical (unpaired) electrons. The quantitative estimate of drug-likeness (QED) is 0.425. The second-order valence-electron chi connectivity index (χ2n) is 8.10. The molecule has 35 heavy (non-hydrogen) atoms. The lowest BCUT2D eigenvalue weighted by molar-refractivity contribution is 0.600. The average Bonchev–Trinajstić information content (AvgIpc) is 3.15. The molecule has 4 rings (SSSR count). The Balaban J connectivity index is 1.66. The Hall–Kier alpha value is -3.34. The molecule has 0 aliphatic carbocycles. The molecular weight excluding hydrogens is 484 g/mol. The highest BCUT2D eigenvalue weighted by molar-refractivity contribution is 7.95. The SMILES string of the molecule is O=S(=O)(/C=C/c1ccccc1)Nc1ccc(N2CCCNCC2)cc1NS(=O)(=O)c1ccccc1. The molecule has 0 atom stereocenters. The number of hydrogen-bond acceptors (Lipinski definition) is 6. The van der Waals surface area contributed by atoms with Gasteiger partial charge in [-0.1, -0.05) is 48.5 Å². The number of nitrogens with one attached hydrogen (secondary N) is 3. The van der Waals surface area contributed by atoms with E-state index < -0.39 is 20.0 Å². The van der Waals surface area contributed by atoms with Gasteiger partial charge in [-0.05, 0) is 54.9 Å². The molecule has 0 amide bonds. The van der Waals surface area contributed by atoms with Crippen molar-refractivity contribution in [1.82, 2.24) is 5.32 Å². The van der Waals surface area contributed by atoms with Crippen LogP contribution < -0.4 is 19.7 Å². The van der Waals surface area contributed by atoms with Gasteiger partial charge in [0.2, 0.25) is 0 Å². The van der Waals surface area contributed by atoms with Crippen LogP contribution in [0.2, 0.25) is 0 Å². The number of rotatable bonds is 8. The zero-order valence-electron chi connectivity index (χ0n) is 19.1. The second kappa shape index (κ2) is 10.9. The molecule has 0 saturated carbocycles. The van der Waals surface area contributed by atoms with Crippen molar-refractivity contribution >= 4 is 43.2 Å². The summed E-state index contributed by atoms with van der Waals surface area (Å²) in [5.74, 6) is 0. The van der Waals surface area contributed by atoms with Crippen molar-refractivity contribution in [3.8, 4) is 0 Å². The van der Waals surface area contributed by atoms with Crippen molar-refractivity contribution in [3.05, 3.63) is 89.8 Å². The molecule has 3 N–H and O–H groups in total. The van der Waals surface area contributed by atoms with Crippen LogP contribution in [-0.2, 0) is 20.0 Å². The summed E-state index contributed by atoms with van der Waals surface area (Å²) in [7, 11) is -7.84. The van der Waals surface area contributed by atoms with Crippen LogP contribution in [0.5, 0.6) is 0 Å². The van der Waals surface area contributed by atoms with Gasteiger partial charge in [0, 0.05) is 25.3 Å². The molecule has 3 aromatic carbocycles. The van der Waals surface area contributed by atoms with Crippen molar-refractivity contribution in [3.63, 3.8) is 0 Å². The molecular formula is C25H28N4O4S2. The summed E-state index contributed by atoms with van der Waals surface area (Å²) in [6.45, 7) is 3.29. The molecule has 184 valence electrons. The molecule has 0 bridgehead atoms. The predicted molar refractivity (Wildman–Crippen MR) is 141 cm³/mol. The first-order chi connectivity index (χ1) is 16.8. The van der Waals surface area contributed by atoms with Gasteiger partial charge in [-0.25, -0.2) is 16.8 Å². The first kappa shape index (κ1) is 24.8. The summed E-state index contributed by atoms with van der Waals surface area (Å²) >= 11 is 0. The molecule has 3 aromatic rings. The zero-order chi connectivity index (χ0) is 24.7. The van der Waals surface area contributed by atoms with Gasteiger partial charge in [0.05, 0.1) is 21.7 Å². The zero-order valence-corrected chi connectivity index (χ0v) is 20.7. The van der Waals surface area contributed by atoms with Gasteiger partial charge in [-0.2, -0.15) is 0 Å². The lowest BCUT2D eigenvalue weighted by Crippen LogP contribution is -2.28. The lowest BCUT2D eigenvalue weighted by Gasteiger charge is -2.24. The fraction of sp³-hybridized carbons (Fsp3) is 0.200. The molecule has 0 unspecified atom stereocenters. The van der Waals surface area contributed by atoms with Gasteiger partial charge >= 0.3 is 0 Å². The molecule has 8 nitrogen and oxygen atoms in total. The van der Waals surface area contributed by atoms with Gasteiger partial charge in [-0.15, -0.1) is 0 Å². The van der Waals surface area contributed by atoms with Crippen LogP contribution >= 0.6 is 0 Å². The molecule has 0 spiro atoms. The van der Waals surface area contributed by atoms with Gasteiger partial charge in [0.1, 0.15) is 0 Å². The second-order valence-corrected chi connectivity index (χ2v) is 11.3. The third kappa shape index (κ3) is 6.84. The first-order valence-corrected chi connectivity index (χ1v) is 14.3.